The first-order valence-electron chi connectivity index (χ1n) is 9.18. The van der Waals surface area contributed by atoms with Crippen molar-refractivity contribution in [3.63, 3.8) is 0 Å². The lowest BCUT2D eigenvalue weighted by atomic mass is 9.78. The van der Waals surface area contributed by atoms with Gasteiger partial charge in [0.25, 0.3) is 0 Å². The molecule has 4 heterocycles. The number of hydrogen-bond donors (Lipinski definition) is 0. The summed E-state index contributed by atoms with van der Waals surface area (Å²) in [4.78, 5) is 17.3. The smallest absolute Gasteiger partial charge is 0.226 e. The van der Waals surface area contributed by atoms with E-state index in [-0.39, 0.29) is 17.9 Å². The van der Waals surface area contributed by atoms with E-state index in [1.807, 2.05) is 19.1 Å². The standard InChI is InChI=1S/C18H26N4O2/c1-13-4-5-17(20-19-13)22-10-6-16-15(12-22)14(7-11-24-16)18(23)21-8-2-3-9-21/h4-5,14-16H,2-3,6-12H2,1H3/t14-,15-,16-/m1/s1. The number of amides is 1. The van der Waals surface area contributed by atoms with Crippen LogP contribution in [0.25, 0.3) is 0 Å². The van der Waals surface area contributed by atoms with E-state index in [1.165, 1.54) is 0 Å². The average molecular weight is 330 g/mol. The number of nitrogens with zero attached hydrogens (tertiary/aromatic N) is 4. The van der Waals surface area contributed by atoms with Crippen molar-refractivity contribution in [1.29, 1.82) is 0 Å². The van der Waals surface area contributed by atoms with Gasteiger partial charge in [-0.05, 0) is 44.7 Å². The number of ether oxygens (including phenoxy) is 1. The highest BCUT2D eigenvalue weighted by atomic mass is 16.5. The van der Waals surface area contributed by atoms with Gasteiger partial charge in [-0.25, -0.2) is 0 Å². The Labute approximate surface area is 143 Å². The van der Waals surface area contributed by atoms with Crippen LogP contribution in [0.2, 0.25) is 0 Å². The molecular formula is C18H26N4O2. The van der Waals surface area contributed by atoms with Crippen molar-refractivity contribution in [2.45, 2.75) is 38.7 Å². The van der Waals surface area contributed by atoms with Crippen LogP contribution in [0.4, 0.5) is 5.82 Å². The minimum atomic E-state index is 0.100. The summed E-state index contributed by atoms with van der Waals surface area (Å²) in [5.41, 5.74) is 0.928. The van der Waals surface area contributed by atoms with E-state index in [4.69, 9.17) is 4.74 Å². The van der Waals surface area contributed by atoms with E-state index in [2.05, 4.69) is 20.0 Å². The van der Waals surface area contributed by atoms with Gasteiger partial charge < -0.3 is 14.5 Å². The van der Waals surface area contributed by atoms with Crippen LogP contribution in [-0.2, 0) is 9.53 Å². The fourth-order valence-corrected chi connectivity index (χ4v) is 4.36. The van der Waals surface area contributed by atoms with Gasteiger partial charge in [-0.2, -0.15) is 5.10 Å². The first-order chi connectivity index (χ1) is 11.7. The number of carbonyl (C=O) groups is 1. The molecule has 0 unspecified atom stereocenters. The Morgan fingerprint density at radius 2 is 2.00 bits per heavy atom. The fraction of sp³-hybridized carbons (Fsp3) is 0.722. The second-order valence-corrected chi connectivity index (χ2v) is 7.27. The molecule has 0 aromatic carbocycles. The Kier molecular flexibility index (Phi) is 4.39. The van der Waals surface area contributed by atoms with Crippen molar-refractivity contribution in [3.8, 4) is 0 Å². The summed E-state index contributed by atoms with van der Waals surface area (Å²) in [6.45, 7) is 6.29. The first kappa shape index (κ1) is 15.8. The second-order valence-electron chi connectivity index (χ2n) is 7.27. The number of carbonyl (C=O) groups excluding carboxylic acids is 1. The van der Waals surface area contributed by atoms with E-state index >= 15 is 0 Å². The molecule has 6 heteroatoms. The maximum Gasteiger partial charge on any atom is 0.226 e. The first-order valence-corrected chi connectivity index (χ1v) is 9.18. The third-order valence-electron chi connectivity index (χ3n) is 5.71. The maximum absolute atomic E-state index is 13.0. The molecule has 1 aromatic rings. The zero-order valence-corrected chi connectivity index (χ0v) is 14.4. The molecule has 3 atom stereocenters. The molecule has 6 nitrogen and oxygen atoms in total. The molecule has 3 fully saturated rings. The van der Waals surface area contributed by atoms with Gasteiger partial charge in [0.05, 0.1) is 11.8 Å². The van der Waals surface area contributed by atoms with Crippen LogP contribution in [0.1, 0.15) is 31.4 Å². The average Bonchev–Trinajstić information content (AvgIpc) is 3.15. The third kappa shape index (κ3) is 2.99. The van der Waals surface area contributed by atoms with Gasteiger partial charge in [-0.1, -0.05) is 0 Å². The predicted molar refractivity (Wildman–Crippen MR) is 90.8 cm³/mol. The summed E-state index contributed by atoms with van der Waals surface area (Å²) in [7, 11) is 0. The Morgan fingerprint density at radius 1 is 1.17 bits per heavy atom. The van der Waals surface area contributed by atoms with Crippen molar-refractivity contribution in [3.05, 3.63) is 17.8 Å². The zero-order valence-electron chi connectivity index (χ0n) is 14.4. The molecule has 1 amide bonds. The van der Waals surface area contributed by atoms with E-state index < -0.39 is 0 Å². The summed E-state index contributed by atoms with van der Waals surface area (Å²) >= 11 is 0. The van der Waals surface area contributed by atoms with Crippen LogP contribution >= 0.6 is 0 Å². The lowest BCUT2D eigenvalue weighted by molar-refractivity contribution is -0.146. The van der Waals surface area contributed by atoms with Crippen molar-refractivity contribution < 1.29 is 9.53 Å². The molecule has 4 rings (SSSR count). The summed E-state index contributed by atoms with van der Waals surface area (Å²) in [6, 6.07) is 4.03. The molecular weight excluding hydrogens is 304 g/mol. The molecule has 24 heavy (non-hydrogen) atoms. The van der Waals surface area contributed by atoms with E-state index in [1.54, 1.807) is 0 Å². The number of anilines is 1. The number of rotatable bonds is 2. The van der Waals surface area contributed by atoms with Crippen molar-refractivity contribution in [2.24, 2.45) is 11.8 Å². The molecule has 0 radical (unpaired) electrons. The van der Waals surface area contributed by atoms with Crippen LogP contribution < -0.4 is 4.90 Å². The molecule has 3 saturated heterocycles. The fourth-order valence-electron chi connectivity index (χ4n) is 4.36. The van der Waals surface area contributed by atoms with Crippen LogP contribution in [0.3, 0.4) is 0 Å². The van der Waals surface area contributed by atoms with Gasteiger partial charge in [0.1, 0.15) is 0 Å². The molecule has 3 aliphatic rings. The SMILES string of the molecule is Cc1ccc(N2CC[C@H]3OCC[C@@H](C(=O)N4CCCC4)[C@H]3C2)nn1. The summed E-state index contributed by atoms with van der Waals surface area (Å²) in [5.74, 6) is 1.63. The third-order valence-corrected chi connectivity index (χ3v) is 5.71. The Bertz CT molecular complexity index is 585. The van der Waals surface area contributed by atoms with Gasteiger partial charge in [-0.15, -0.1) is 5.10 Å². The van der Waals surface area contributed by atoms with Crippen LogP contribution in [0, 0.1) is 18.8 Å². The lowest BCUT2D eigenvalue weighted by Crippen LogP contribution is -2.54. The number of piperidine rings is 1. The van der Waals surface area contributed by atoms with Gasteiger partial charge in [0.15, 0.2) is 5.82 Å². The predicted octanol–water partition coefficient (Wildman–Crippen LogP) is 1.64. The molecule has 0 N–H and O–H groups in total. The van der Waals surface area contributed by atoms with Crippen molar-refractivity contribution in [2.75, 3.05) is 37.7 Å². The highest BCUT2D eigenvalue weighted by molar-refractivity contribution is 5.79. The van der Waals surface area contributed by atoms with Gasteiger partial charge in [0, 0.05) is 44.6 Å². The second kappa shape index (κ2) is 6.67. The summed E-state index contributed by atoms with van der Waals surface area (Å²) < 4.78 is 5.99. The summed E-state index contributed by atoms with van der Waals surface area (Å²) in [6.07, 6.45) is 4.32. The number of aryl methyl sites for hydroxylation is 1. The van der Waals surface area contributed by atoms with Crippen LogP contribution in [-0.4, -0.2) is 59.9 Å². The quantitative estimate of drug-likeness (QED) is 0.825. The number of likely N-dealkylation sites (tertiary alicyclic amines) is 1. The van der Waals surface area contributed by atoms with Gasteiger partial charge in [0.2, 0.25) is 5.91 Å². The monoisotopic (exact) mass is 330 g/mol. The molecule has 3 aliphatic heterocycles. The molecule has 0 bridgehead atoms. The molecule has 0 aliphatic carbocycles. The van der Waals surface area contributed by atoms with Crippen LogP contribution in [0.5, 0.6) is 0 Å². The molecule has 130 valence electrons. The Hall–Kier alpha value is -1.69. The largest absolute Gasteiger partial charge is 0.378 e. The minimum Gasteiger partial charge on any atom is -0.378 e. The molecule has 0 spiro atoms. The van der Waals surface area contributed by atoms with Crippen molar-refractivity contribution in [1.82, 2.24) is 15.1 Å². The van der Waals surface area contributed by atoms with E-state index in [0.717, 1.165) is 70.0 Å². The minimum absolute atomic E-state index is 0.100. The normalized spacial score (nSPS) is 30.3. The summed E-state index contributed by atoms with van der Waals surface area (Å²) in [5, 5.41) is 8.50. The molecule has 0 saturated carbocycles. The highest BCUT2D eigenvalue weighted by Crippen LogP contribution is 2.35. The van der Waals surface area contributed by atoms with E-state index in [0.29, 0.717) is 5.91 Å². The van der Waals surface area contributed by atoms with Crippen molar-refractivity contribution >= 4 is 11.7 Å². The Balaban J connectivity index is 1.50. The van der Waals surface area contributed by atoms with Crippen LogP contribution in [0.15, 0.2) is 12.1 Å². The molecule has 1 aromatic heterocycles. The Morgan fingerprint density at radius 3 is 2.75 bits per heavy atom. The van der Waals surface area contributed by atoms with Gasteiger partial charge in [-0.3, -0.25) is 4.79 Å². The topological polar surface area (TPSA) is 58.6 Å². The number of hydrogen-bond acceptors (Lipinski definition) is 5. The van der Waals surface area contributed by atoms with E-state index in [9.17, 15) is 4.79 Å². The number of fused-ring (bicyclic) bond motifs is 1. The highest BCUT2D eigenvalue weighted by Gasteiger charge is 2.43. The van der Waals surface area contributed by atoms with Gasteiger partial charge >= 0.3 is 0 Å². The lowest BCUT2D eigenvalue weighted by Gasteiger charge is -2.45. The number of aromatic nitrogens is 2. The maximum atomic E-state index is 13.0. The zero-order chi connectivity index (χ0) is 16.5.